The van der Waals surface area contributed by atoms with E-state index in [0.29, 0.717) is 5.32 Å². The fourth-order valence-electron chi connectivity index (χ4n) is 3.22. The summed E-state index contributed by atoms with van der Waals surface area (Å²) in [5.41, 5.74) is 0. The van der Waals surface area contributed by atoms with E-state index < -0.39 is 142 Å². The molecule has 0 aliphatic carbocycles. The monoisotopic (exact) mass is 1050 g/mol. The van der Waals surface area contributed by atoms with Gasteiger partial charge < -0.3 is 20.1 Å². The lowest BCUT2D eigenvalue weighted by atomic mass is 10.2. The van der Waals surface area contributed by atoms with Gasteiger partial charge in [-0.15, -0.1) is 0 Å². The zero-order valence-corrected chi connectivity index (χ0v) is 29.1. The first-order valence-electron chi connectivity index (χ1n) is 14.7. The number of carbonyl (C=O) groups excluding carboxylic acids is 2. The van der Waals surface area contributed by atoms with Crippen LogP contribution in [0.5, 0.6) is 0 Å². The van der Waals surface area contributed by atoms with E-state index in [9.17, 15) is 150 Å². The molecule has 0 bridgehead atoms. The summed E-state index contributed by atoms with van der Waals surface area (Å²) in [6.45, 7) is -6.34. The summed E-state index contributed by atoms with van der Waals surface area (Å²) >= 11 is 0. The molecule has 4 atom stereocenters. The minimum absolute atomic E-state index is 0.439. The van der Waals surface area contributed by atoms with Crippen molar-refractivity contribution in [2.45, 2.75) is 90.8 Å². The number of alkyl halides is 32. The highest BCUT2D eigenvalue weighted by Gasteiger charge is 2.90. The molecule has 65 heavy (non-hydrogen) atoms. The number of ether oxygens (including phenoxy) is 6. The maximum absolute atomic E-state index is 14.8. The Bertz CT molecular complexity index is 1610. The molecule has 2 N–H and O–H groups in total. The molecule has 0 aliphatic heterocycles. The molecule has 0 saturated heterocycles. The van der Waals surface area contributed by atoms with Crippen LogP contribution in [-0.4, -0.2) is 142 Å². The summed E-state index contributed by atoms with van der Waals surface area (Å²) in [4.78, 5) is 22.3. The number of amides is 2. The lowest BCUT2D eigenvalue weighted by molar-refractivity contribution is -0.592. The average molecular weight is 1050 g/mol. The molecular formula is C23H14F32N2O8. The Morgan fingerprint density at radius 2 is 0.600 bits per heavy atom. The Labute approximate surface area is 332 Å². The topological polar surface area (TPSA) is 114 Å². The summed E-state index contributed by atoms with van der Waals surface area (Å²) < 4.78 is 443. The van der Waals surface area contributed by atoms with Crippen LogP contribution in [0.1, 0.15) is 0 Å². The SMILES string of the molecule is O=C(NCCOCCOCCNC(=O)C(F)(OC(F)(F)C(F)(OC(F)(F)C(F)(OC(F)(F)C(F)(OC(F)(F)C(F)(F)C(F)(F)F)C(F)(F)F)C(F)(F)F)C(F)(F)F)C(F)(F)F)C(F)(F)F. The molecule has 0 fully saturated rings. The fraction of sp³-hybridized carbons (Fsp3) is 0.913. The summed E-state index contributed by atoms with van der Waals surface area (Å²) in [6.07, 6.45) is -83.5. The molecule has 0 radical (unpaired) electrons. The summed E-state index contributed by atoms with van der Waals surface area (Å²) in [5, 5.41) is 1.69. The Balaban J connectivity index is 6.89. The van der Waals surface area contributed by atoms with Crippen LogP contribution in [0.2, 0.25) is 0 Å². The van der Waals surface area contributed by atoms with Gasteiger partial charge in [-0.1, -0.05) is 0 Å². The van der Waals surface area contributed by atoms with Crippen LogP contribution in [0.15, 0.2) is 0 Å². The highest BCUT2D eigenvalue weighted by molar-refractivity contribution is 5.84. The zero-order valence-electron chi connectivity index (χ0n) is 29.1. The van der Waals surface area contributed by atoms with Crippen LogP contribution >= 0.6 is 0 Å². The van der Waals surface area contributed by atoms with Crippen molar-refractivity contribution in [2.24, 2.45) is 0 Å². The van der Waals surface area contributed by atoms with Gasteiger partial charge in [-0.25, -0.2) is 0 Å². The van der Waals surface area contributed by atoms with Crippen LogP contribution in [0, 0.1) is 0 Å². The Morgan fingerprint density at radius 1 is 0.323 bits per heavy atom. The predicted molar refractivity (Wildman–Crippen MR) is 128 cm³/mol. The molecule has 0 aromatic carbocycles. The number of hydrogen-bond donors (Lipinski definition) is 2. The first-order valence-corrected chi connectivity index (χ1v) is 14.7. The van der Waals surface area contributed by atoms with Crippen molar-refractivity contribution >= 4 is 11.8 Å². The Morgan fingerprint density at radius 3 is 0.862 bits per heavy atom. The second kappa shape index (κ2) is 18.9. The number of nitrogens with one attached hydrogen (secondary N) is 2. The summed E-state index contributed by atoms with van der Waals surface area (Å²) in [5.74, 6) is -49.8. The molecule has 0 aliphatic rings. The maximum atomic E-state index is 14.8. The molecule has 4 unspecified atom stereocenters. The first kappa shape index (κ1) is 61.5. The third-order valence-corrected chi connectivity index (χ3v) is 6.36. The van der Waals surface area contributed by atoms with Crippen molar-refractivity contribution in [1.82, 2.24) is 10.6 Å². The van der Waals surface area contributed by atoms with E-state index in [1.807, 2.05) is 0 Å². The quantitative estimate of drug-likeness (QED) is 0.0823. The molecule has 0 heterocycles. The molecule has 0 saturated carbocycles. The molecule has 42 heteroatoms. The van der Waals surface area contributed by atoms with Gasteiger partial charge in [-0.3, -0.25) is 28.5 Å². The summed E-state index contributed by atoms with van der Waals surface area (Å²) in [7, 11) is 0. The van der Waals surface area contributed by atoms with E-state index in [1.165, 1.54) is 5.32 Å². The lowest BCUT2D eigenvalue weighted by Crippen LogP contribution is -2.72. The molecule has 388 valence electrons. The van der Waals surface area contributed by atoms with E-state index in [1.54, 1.807) is 4.74 Å². The first-order chi connectivity index (χ1) is 28.1. The van der Waals surface area contributed by atoms with Gasteiger partial charge in [0, 0.05) is 13.1 Å². The number of rotatable bonds is 22. The van der Waals surface area contributed by atoms with E-state index in [-0.39, 0.29) is 0 Å². The van der Waals surface area contributed by atoms with Gasteiger partial charge in [-0.2, -0.15) is 140 Å². The number of hydrogen-bond acceptors (Lipinski definition) is 8. The van der Waals surface area contributed by atoms with Crippen LogP contribution in [-0.2, 0) is 38.0 Å². The van der Waals surface area contributed by atoms with Gasteiger partial charge in [0.25, 0.3) is 5.91 Å². The van der Waals surface area contributed by atoms with Crippen LogP contribution in [0.3, 0.4) is 0 Å². The van der Waals surface area contributed by atoms with Crippen LogP contribution in [0.4, 0.5) is 140 Å². The highest BCUT2D eigenvalue weighted by Crippen LogP contribution is 2.61. The van der Waals surface area contributed by atoms with Crippen molar-refractivity contribution in [3.8, 4) is 0 Å². The molecule has 2 amide bonds. The van der Waals surface area contributed by atoms with E-state index in [4.69, 9.17) is 0 Å². The van der Waals surface area contributed by atoms with Gasteiger partial charge in [0.15, 0.2) is 0 Å². The van der Waals surface area contributed by atoms with Crippen molar-refractivity contribution in [1.29, 1.82) is 0 Å². The minimum Gasteiger partial charge on any atom is -0.377 e. The minimum atomic E-state index is -9.32. The second-order valence-corrected chi connectivity index (χ2v) is 11.2. The van der Waals surface area contributed by atoms with Crippen LogP contribution in [0.25, 0.3) is 0 Å². The number of carbonyl (C=O) groups is 2. The summed E-state index contributed by atoms with van der Waals surface area (Å²) in [6, 6.07) is 0. The third kappa shape index (κ3) is 12.9. The van der Waals surface area contributed by atoms with Crippen LogP contribution < -0.4 is 10.6 Å². The number of halogens is 32. The standard InChI is InChI=1S/C23H14F32N2O8/c24-9(15(33,34)35,7(58)56-1-3-60-5-6-61-4-2-57-8(59)10(25,26)27)62-21(50,51)12(30,17(39,40)41)64-23(54,55)14(32,19(45,46)47)65-22(52,53)13(31,18(42,43)44)63-20(48,49)11(28,29)16(36,37)38/h1-6H2,(H,56,58)(H,57,59). The van der Waals surface area contributed by atoms with Crippen molar-refractivity contribution in [3.05, 3.63) is 0 Å². The fourth-order valence-corrected chi connectivity index (χ4v) is 3.22. The second-order valence-electron chi connectivity index (χ2n) is 11.2. The Kier molecular flexibility index (Phi) is 17.8. The predicted octanol–water partition coefficient (Wildman–Crippen LogP) is 8.36. The van der Waals surface area contributed by atoms with E-state index >= 15 is 0 Å². The van der Waals surface area contributed by atoms with Gasteiger partial charge in [0.05, 0.1) is 26.4 Å². The molecule has 10 nitrogen and oxygen atoms in total. The van der Waals surface area contributed by atoms with Gasteiger partial charge in [0.2, 0.25) is 0 Å². The molecule has 0 rings (SSSR count). The van der Waals surface area contributed by atoms with Crippen molar-refractivity contribution in [2.75, 3.05) is 39.5 Å². The molecular weight excluding hydrogens is 1040 g/mol. The Hall–Kier alpha value is -3.54. The largest absolute Gasteiger partial charge is 0.471 e. The molecule has 0 aromatic rings. The normalized spacial score (nSPS) is 18.6. The third-order valence-electron chi connectivity index (χ3n) is 6.36. The van der Waals surface area contributed by atoms with E-state index in [2.05, 4.69) is 9.47 Å². The van der Waals surface area contributed by atoms with Crippen molar-refractivity contribution in [3.63, 3.8) is 0 Å². The molecule has 0 spiro atoms. The van der Waals surface area contributed by atoms with Gasteiger partial charge in [0.1, 0.15) is 0 Å². The smallest absolute Gasteiger partial charge is 0.377 e. The molecule has 0 aromatic heterocycles. The lowest BCUT2D eigenvalue weighted by Gasteiger charge is -2.44. The van der Waals surface area contributed by atoms with Gasteiger partial charge >= 0.3 is 96.7 Å². The zero-order chi connectivity index (χ0) is 52.6. The highest BCUT2D eigenvalue weighted by atomic mass is 19.5. The van der Waals surface area contributed by atoms with Crippen molar-refractivity contribution < 1.29 is 179 Å². The average Bonchev–Trinajstić information content (AvgIpc) is 3.04. The maximum Gasteiger partial charge on any atom is 0.471 e. The van der Waals surface area contributed by atoms with Gasteiger partial charge in [-0.05, 0) is 0 Å². The van der Waals surface area contributed by atoms with E-state index in [0.717, 1.165) is 14.2 Å².